The lowest BCUT2D eigenvalue weighted by Crippen LogP contribution is -1.95. The molecule has 0 saturated heterocycles. The van der Waals surface area contributed by atoms with Crippen LogP contribution in [0.4, 0.5) is 0 Å². The maximum Gasteiger partial charge on any atom is 0.129 e. The Kier molecular flexibility index (Phi) is 4.82. The van der Waals surface area contributed by atoms with Crippen LogP contribution in [-0.4, -0.2) is 12.9 Å². The lowest BCUT2D eigenvalue weighted by molar-refractivity contribution is -0.117. The van der Waals surface area contributed by atoms with Crippen molar-refractivity contribution in [1.82, 2.24) is 0 Å². The number of carbonyl (C=O) groups is 1. The van der Waals surface area contributed by atoms with Crippen LogP contribution in [0.5, 0.6) is 5.75 Å². The van der Waals surface area contributed by atoms with Crippen LogP contribution in [0, 0.1) is 0 Å². The zero-order chi connectivity index (χ0) is 11.3. The van der Waals surface area contributed by atoms with Crippen LogP contribution >= 0.6 is 15.9 Å². The van der Waals surface area contributed by atoms with Gasteiger partial charge in [0.2, 0.25) is 0 Å². The molecular weight excluding hydrogens is 256 g/mol. The summed E-state index contributed by atoms with van der Waals surface area (Å²) in [6.45, 7) is 1.62. The Hall–Kier alpha value is -0.830. The second-order valence-electron chi connectivity index (χ2n) is 3.51. The van der Waals surface area contributed by atoms with Crippen LogP contribution < -0.4 is 4.74 Å². The molecule has 0 radical (unpaired) electrons. The molecule has 15 heavy (non-hydrogen) atoms. The van der Waals surface area contributed by atoms with Crippen LogP contribution in [-0.2, 0) is 11.2 Å². The van der Waals surface area contributed by atoms with Gasteiger partial charge in [-0.2, -0.15) is 0 Å². The van der Waals surface area contributed by atoms with Crippen molar-refractivity contribution in [2.75, 3.05) is 7.11 Å². The summed E-state index contributed by atoms with van der Waals surface area (Å²) in [6, 6.07) is 5.93. The Bertz CT molecular complexity index is 347. The summed E-state index contributed by atoms with van der Waals surface area (Å²) in [5.74, 6) is 1.13. The van der Waals surface area contributed by atoms with Gasteiger partial charge in [0.1, 0.15) is 11.5 Å². The molecule has 0 fully saturated rings. The van der Waals surface area contributed by atoms with E-state index in [0.717, 1.165) is 28.6 Å². The fourth-order valence-electron chi connectivity index (χ4n) is 1.47. The SMILES string of the molecule is COc1ccc(Br)cc1CCCC(C)=O. The monoisotopic (exact) mass is 270 g/mol. The normalized spacial score (nSPS) is 10.1. The van der Waals surface area contributed by atoms with Gasteiger partial charge in [0.15, 0.2) is 0 Å². The van der Waals surface area contributed by atoms with Crippen molar-refractivity contribution in [3.8, 4) is 5.75 Å². The first kappa shape index (κ1) is 12.2. The van der Waals surface area contributed by atoms with E-state index in [2.05, 4.69) is 15.9 Å². The van der Waals surface area contributed by atoms with Crippen molar-refractivity contribution in [3.63, 3.8) is 0 Å². The maximum absolute atomic E-state index is 10.8. The zero-order valence-electron chi connectivity index (χ0n) is 9.05. The summed E-state index contributed by atoms with van der Waals surface area (Å²) in [7, 11) is 1.66. The largest absolute Gasteiger partial charge is 0.496 e. The van der Waals surface area contributed by atoms with Crippen LogP contribution in [0.15, 0.2) is 22.7 Å². The number of halogens is 1. The zero-order valence-corrected chi connectivity index (χ0v) is 10.6. The first-order valence-electron chi connectivity index (χ1n) is 4.95. The van der Waals surface area contributed by atoms with E-state index in [9.17, 15) is 4.79 Å². The molecule has 0 spiro atoms. The van der Waals surface area contributed by atoms with Crippen molar-refractivity contribution in [2.45, 2.75) is 26.2 Å². The summed E-state index contributed by atoms with van der Waals surface area (Å²) < 4.78 is 6.29. The minimum absolute atomic E-state index is 0.240. The van der Waals surface area contributed by atoms with E-state index in [0.29, 0.717) is 6.42 Å². The highest BCUT2D eigenvalue weighted by Crippen LogP contribution is 2.24. The highest BCUT2D eigenvalue weighted by atomic mass is 79.9. The Morgan fingerprint density at radius 1 is 1.47 bits per heavy atom. The topological polar surface area (TPSA) is 26.3 Å². The molecule has 2 nitrogen and oxygen atoms in total. The smallest absolute Gasteiger partial charge is 0.129 e. The molecule has 0 amide bonds. The Labute approximate surface area is 98.8 Å². The van der Waals surface area contributed by atoms with Crippen LogP contribution in [0.2, 0.25) is 0 Å². The van der Waals surface area contributed by atoms with Gasteiger partial charge < -0.3 is 9.53 Å². The van der Waals surface area contributed by atoms with Gasteiger partial charge in [0, 0.05) is 10.9 Å². The van der Waals surface area contributed by atoms with Crippen molar-refractivity contribution in [2.24, 2.45) is 0 Å². The van der Waals surface area contributed by atoms with E-state index in [-0.39, 0.29) is 5.78 Å². The number of carbonyl (C=O) groups excluding carboxylic acids is 1. The summed E-state index contributed by atoms with van der Waals surface area (Å²) in [6.07, 6.45) is 2.39. The van der Waals surface area contributed by atoms with Gasteiger partial charge in [0.25, 0.3) is 0 Å². The molecule has 82 valence electrons. The van der Waals surface area contributed by atoms with Crippen molar-refractivity contribution in [1.29, 1.82) is 0 Å². The third-order valence-corrected chi connectivity index (χ3v) is 2.71. The first-order chi connectivity index (χ1) is 7.13. The Balaban J connectivity index is 2.65. The molecular formula is C12H15BrO2. The number of hydrogen-bond acceptors (Lipinski definition) is 2. The molecule has 0 aliphatic rings. The Morgan fingerprint density at radius 3 is 2.80 bits per heavy atom. The average Bonchev–Trinajstić information content (AvgIpc) is 2.17. The van der Waals surface area contributed by atoms with Gasteiger partial charge in [-0.1, -0.05) is 15.9 Å². The van der Waals surface area contributed by atoms with Gasteiger partial charge in [-0.15, -0.1) is 0 Å². The lowest BCUT2D eigenvalue weighted by Gasteiger charge is -2.08. The van der Waals surface area contributed by atoms with Crippen LogP contribution in [0.3, 0.4) is 0 Å². The minimum atomic E-state index is 0.240. The molecule has 0 aliphatic carbocycles. The standard InChI is InChI=1S/C12H15BrO2/c1-9(14)4-3-5-10-8-11(13)6-7-12(10)15-2/h6-8H,3-5H2,1-2H3. The van der Waals surface area contributed by atoms with E-state index in [1.54, 1.807) is 14.0 Å². The summed E-state index contributed by atoms with van der Waals surface area (Å²) in [4.78, 5) is 10.8. The van der Waals surface area contributed by atoms with Crippen LogP contribution in [0.25, 0.3) is 0 Å². The van der Waals surface area contributed by atoms with E-state index in [1.165, 1.54) is 0 Å². The molecule has 0 saturated carbocycles. The molecule has 0 atom stereocenters. The predicted octanol–water partition coefficient (Wildman–Crippen LogP) is 3.37. The average molecular weight is 271 g/mol. The van der Waals surface area contributed by atoms with Crippen LogP contribution in [0.1, 0.15) is 25.3 Å². The highest BCUT2D eigenvalue weighted by molar-refractivity contribution is 9.10. The van der Waals surface area contributed by atoms with Crippen molar-refractivity contribution in [3.05, 3.63) is 28.2 Å². The number of ketones is 1. The molecule has 0 aromatic heterocycles. The van der Waals surface area contributed by atoms with Crippen molar-refractivity contribution >= 4 is 21.7 Å². The van der Waals surface area contributed by atoms with E-state index in [4.69, 9.17) is 4.74 Å². The van der Waals surface area contributed by atoms with Crippen molar-refractivity contribution < 1.29 is 9.53 Å². The molecule has 1 aromatic rings. The number of Topliss-reactive ketones (excluding diaryl/α,β-unsaturated/α-hetero) is 1. The second kappa shape index (κ2) is 5.91. The summed E-state index contributed by atoms with van der Waals surface area (Å²) >= 11 is 3.42. The molecule has 0 unspecified atom stereocenters. The van der Waals surface area contributed by atoms with Gasteiger partial charge in [-0.3, -0.25) is 0 Å². The van der Waals surface area contributed by atoms with Gasteiger partial charge >= 0.3 is 0 Å². The summed E-state index contributed by atoms with van der Waals surface area (Å²) in [5.41, 5.74) is 1.15. The number of ether oxygens (including phenoxy) is 1. The number of hydrogen-bond donors (Lipinski definition) is 0. The minimum Gasteiger partial charge on any atom is -0.496 e. The fraction of sp³-hybridized carbons (Fsp3) is 0.417. The molecule has 3 heteroatoms. The van der Waals surface area contributed by atoms with Gasteiger partial charge in [0.05, 0.1) is 7.11 Å². The molecule has 1 rings (SSSR count). The third kappa shape index (κ3) is 4.04. The first-order valence-corrected chi connectivity index (χ1v) is 5.74. The third-order valence-electron chi connectivity index (χ3n) is 2.22. The molecule has 0 N–H and O–H groups in total. The fourth-order valence-corrected chi connectivity index (χ4v) is 1.88. The Morgan fingerprint density at radius 2 is 2.20 bits per heavy atom. The van der Waals surface area contributed by atoms with E-state index < -0.39 is 0 Å². The number of methoxy groups -OCH3 is 1. The molecule has 1 aromatic carbocycles. The number of aryl methyl sites for hydroxylation is 1. The van der Waals surface area contributed by atoms with E-state index >= 15 is 0 Å². The molecule has 0 bridgehead atoms. The number of rotatable bonds is 5. The summed E-state index contributed by atoms with van der Waals surface area (Å²) in [5, 5.41) is 0. The maximum atomic E-state index is 10.8. The second-order valence-corrected chi connectivity index (χ2v) is 4.43. The molecule has 0 aliphatic heterocycles. The number of benzene rings is 1. The lowest BCUT2D eigenvalue weighted by atomic mass is 10.1. The van der Waals surface area contributed by atoms with E-state index in [1.807, 2.05) is 18.2 Å². The quantitative estimate of drug-likeness (QED) is 0.820. The van der Waals surface area contributed by atoms with Gasteiger partial charge in [-0.05, 0) is 43.5 Å². The van der Waals surface area contributed by atoms with Gasteiger partial charge in [-0.25, -0.2) is 0 Å². The predicted molar refractivity (Wildman–Crippen MR) is 64.3 cm³/mol. The molecule has 0 heterocycles. The highest BCUT2D eigenvalue weighted by Gasteiger charge is 2.04.